The van der Waals surface area contributed by atoms with Crippen molar-refractivity contribution in [2.24, 2.45) is 5.92 Å². The highest BCUT2D eigenvalue weighted by atomic mass is 16.3. The van der Waals surface area contributed by atoms with Crippen LogP contribution in [0.4, 0.5) is 0 Å². The molecule has 3 N–H and O–H groups in total. The molecule has 0 amide bonds. The minimum atomic E-state index is -0.794. The van der Waals surface area contributed by atoms with Gasteiger partial charge in [-0.1, -0.05) is 97.3 Å². The molecule has 3 unspecified atom stereocenters. The van der Waals surface area contributed by atoms with Crippen molar-refractivity contribution in [1.29, 1.82) is 0 Å². The standard InChI is InChI=1S/C20H42O3/c1-3-4-5-6-7-8-9-10-11-12-13-14-15-16-19(22)20(23)18(2)17-21/h18-23H,3-17H2,1-2H3. The first-order valence-electron chi connectivity index (χ1n) is 10.1. The smallest absolute Gasteiger partial charge is 0.0846 e. The highest BCUT2D eigenvalue weighted by Gasteiger charge is 2.21. The molecule has 0 rings (SSSR count). The Morgan fingerprint density at radius 3 is 1.43 bits per heavy atom. The van der Waals surface area contributed by atoms with E-state index in [2.05, 4.69) is 6.92 Å². The Morgan fingerprint density at radius 2 is 1.04 bits per heavy atom. The van der Waals surface area contributed by atoms with Crippen LogP contribution in [0.1, 0.15) is 104 Å². The number of hydrogen-bond acceptors (Lipinski definition) is 3. The summed E-state index contributed by atoms with van der Waals surface area (Å²) < 4.78 is 0. The molecule has 3 atom stereocenters. The van der Waals surface area contributed by atoms with E-state index < -0.39 is 12.2 Å². The molecule has 0 heterocycles. The third-order valence-corrected chi connectivity index (χ3v) is 4.87. The van der Waals surface area contributed by atoms with Gasteiger partial charge in [-0.25, -0.2) is 0 Å². The first kappa shape index (κ1) is 22.9. The Balaban J connectivity index is 3.24. The van der Waals surface area contributed by atoms with Gasteiger partial charge in [-0.3, -0.25) is 0 Å². The summed E-state index contributed by atoms with van der Waals surface area (Å²) >= 11 is 0. The van der Waals surface area contributed by atoms with Crippen LogP contribution in [0.25, 0.3) is 0 Å². The maximum absolute atomic E-state index is 9.84. The Morgan fingerprint density at radius 1 is 0.652 bits per heavy atom. The molecule has 0 aromatic heterocycles. The van der Waals surface area contributed by atoms with E-state index in [0.717, 1.165) is 12.8 Å². The predicted octanol–water partition coefficient (Wildman–Crippen LogP) is 4.82. The molecule has 0 radical (unpaired) electrons. The van der Waals surface area contributed by atoms with Gasteiger partial charge in [-0.2, -0.15) is 0 Å². The fraction of sp³-hybridized carbons (Fsp3) is 1.00. The number of aliphatic hydroxyl groups excluding tert-OH is 3. The van der Waals surface area contributed by atoms with Crippen LogP contribution < -0.4 is 0 Å². The van der Waals surface area contributed by atoms with E-state index >= 15 is 0 Å². The third-order valence-electron chi connectivity index (χ3n) is 4.87. The maximum Gasteiger partial charge on any atom is 0.0846 e. The second-order valence-electron chi connectivity index (χ2n) is 7.25. The van der Waals surface area contributed by atoms with Crippen LogP contribution >= 0.6 is 0 Å². The van der Waals surface area contributed by atoms with Crippen LogP contribution in [0, 0.1) is 5.92 Å². The zero-order valence-electron chi connectivity index (χ0n) is 15.7. The lowest BCUT2D eigenvalue weighted by atomic mass is 9.96. The molecule has 3 nitrogen and oxygen atoms in total. The van der Waals surface area contributed by atoms with E-state index in [1.54, 1.807) is 6.92 Å². The summed E-state index contributed by atoms with van der Waals surface area (Å²) in [7, 11) is 0. The average Bonchev–Trinajstić information content (AvgIpc) is 2.57. The summed E-state index contributed by atoms with van der Waals surface area (Å²) in [6.45, 7) is 3.95. The molecule has 0 fully saturated rings. The molecule has 23 heavy (non-hydrogen) atoms. The molecule has 0 bridgehead atoms. The van der Waals surface area contributed by atoms with E-state index in [9.17, 15) is 10.2 Å². The molecule has 0 aliphatic heterocycles. The summed E-state index contributed by atoms with van der Waals surface area (Å²) in [5.41, 5.74) is 0. The lowest BCUT2D eigenvalue weighted by Crippen LogP contribution is -2.33. The van der Waals surface area contributed by atoms with E-state index in [0.29, 0.717) is 6.42 Å². The molecular formula is C20H42O3. The Hall–Kier alpha value is -0.120. The molecule has 0 spiro atoms. The van der Waals surface area contributed by atoms with Crippen molar-refractivity contribution in [1.82, 2.24) is 0 Å². The quantitative estimate of drug-likeness (QED) is 0.335. The molecule has 0 aromatic rings. The molecular weight excluding hydrogens is 288 g/mol. The van der Waals surface area contributed by atoms with Gasteiger partial charge in [0.1, 0.15) is 0 Å². The van der Waals surface area contributed by atoms with Gasteiger partial charge in [-0.05, 0) is 6.42 Å². The lowest BCUT2D eigenvalue weighted by Gasteiger charge is -2.22. The highest BCUT2D eigenvalue weighted by molar-refractivity contribution is 4.72. The normalized spacial score (nSPS) is 15.5. The van der Waals surface area contributed by atoms with Gasteiger partial charge in [0.05, 0.1) is 12.2 Å². The first-order valence-corrected chi connectivity index (χ1v) is 10.1. The molecule has 0 aromatic carbocycles. The van der Waals surface area contributed by atoms with Crippen molar-refractivity contribution in [2.45, 2.75) is 116 Å². The molecule has 140 valence electrons. The van der Waals surface area contributed by atoms with Gasteiger partial charge in [0.15, 0.2) is 0 Å². The summed E-state index contributed by atoms with van der Waals surface area (Å²) in [5, 5.41) is 28.6. The van der Waals surface area contributed by atoms with Crippen molar-refractivity contribution in [3.8, 4) is 0 Å². The lowest BCUT2D eigenvalue weighted by molar-refractivity contribution is -0.0309. The van der Waals surface area contributed by atoms with E-state index in [1.165, 1.54) is 70.6 Å². The van der Waals surface area contributed by atoms with Gasteiger partial charge >= 0.3 is 0 Å². The van der Waals surface area contributed by atoms with Crippen molar-refractivity contribution in [3.05, 3.63) is 0 Å². The monoisotopic (exact) mass is 330 g/mol. The third kappa shape index (κ3) is 14.0. The van der Waals surface area contributed by atoms with Crippen LogP contribution in [0.3, 0.4) is 0 Å². The van der Waals surface area contributed by atoms with Crippen LogP contribution in [-0.2, 0) is 0 Å². The topological polar surface area (TPSA) is 60.7 Å². The van der Waals surface area contributed by atoms with Gasteiger partial charge in [0.2, 0.25) is 0 Å². The van der Waals surface area contributed by atoms with Crippen molar-refractivity contribution >= 4 is 0 Å². The number of unbranched alkanes of at least 4 members (excludes halogenated alkanes) is 12. The molecule has 0 saturated carbocycles. The second kappa shape index (κ2) is 16.7. The second-order valence-corrected chi connectivity index (χ2v) is 7.25. The van der Waals surface area contributed by atoms with Gasteiger partial charge in [0, 0.05) is 12.5 Å². The van der Waals surface area contributed by atoms with Crippen molar-refractivity contribution in [2.75, 3.05) is 6.61 Å². The Labute approximate surface area is 144 Å². The molecule has 0 aliphatic rings. The fourth-order valence-electron chi connectivity index (χ4n) is 3.03. The average molecular weight is 331 g/mol. The Bertz CT molecular complexity index is 233. The fourth-order valence-corrected chi connectivity index (χ4v) is 3.03. The van der Waals surface area contributed by atoms with Crippen LogP contribution in [-0.4, -0.2) is 34.1 Å². The van der Waals surface area contributed by atoms with Crippen molar-refractivity contribution < 1.29 is 15.3 Å². The van der Waals surface area contributed by atoms with E-state index in [1.807, 2.05) is 0 Å². The predicted molar refractivity (Wildman–Crippen MR) is 98.6 cm³/mol. The Kier molecular flexibility index (Phi) is 16.6. The van der Waals surface area contributed by atoms with Gasteiger partial charge in [0.25, 0.3) is 0 Å². The van der Waals surface area contributed by atoms with Crippen molar-refractivity contribution in [3.63, 3.8) is 0 Å². The van der Waals surface area contributed by atoms with Crippen LogP contribution in [0.15, 0.2) is 0 Å². The SMILES string of the molecule is CCCCCCCCCCCCCCCC(O)C(O)C(C)CO. The van der Waals surface area contributed by atoms with Gasteiger partial charge in [-0.15, -0.1) is 0 Å². The summed E-state index contributed by atoms with van der Waals surface area (Å²) in [6, 6.07) is 0. The van der Waals surface area contributed by atoms with Crippen LogP contribution in [0.5, 0.6) is 0 Å². The summed E-state index contributed by atoms with van der Waals surface area (Å²) in [5.74, 6) is -0.244. The molecule has 0 aliphatic carbocycles. The first-order chi connectivity index (χ1) is 11.1. The minimum absolute atomic E-state index is 0.0726. The number of hydrogen-bond donors (Lipinski definition) is 3. The number of aliphatic hydroxyl groups is 3. The highest BCUT2D eigenvalue weighted by Crippen LogP contribution is 2.15. The molecule has 3 heteroatoms. The molecule has 0 saturated heterocycles. The maximum atomic E-state index is 9.84. The van der Waals surface area contributed by atoms with E-state index in [-0.39, 0.29) is 12.5 Å². The zero-order chi connectivity index (χ0) is 17.3. The largest absolute Gasteiger partial charge is 0.396 e. The van der Waals surface area contributed by atoms with Crippen LogP contribution in [0.2, 0.25) is 0 Å². The zero-order valence-corrected chi connectivity index (χ0v) is 15.7. The summed E-state index contributed by atoms with van der Waals surface area (Å²) in [6.07, 6.45) is 16.2. The van der Waals surface area contributed by atoms with E-state index in [4.69, 9.17) is 5.11 Å². The minimum Gasteiger partial charge on any atom is -0.396 e. The summed E-state index contributed by atoms with van der Waals surface area (Å²) in [4.78, 5) is 0. The number of rotatable bonds is 17. The van der Waals surface area contributed by atoms with Gasteiger partial charge < -0.3 is 15.3 Å².